The number of nitrogens with one attached hydrogen (secondary N) is 1. The zero-order chi connectivity index (χ0) is 10.8. The first-order valence-electron chi connectivity index (χ1n) is 5.31. The highest BCUT2D eigenvalue weighted by atomic mass is 16.5. The van der Waals surface area contributed by atoms with Crippen LogP contribution in [0.2, 0.25) is 0 Å². The van der Waals surface area contributed by atoms with Gasteiger partial charge in [-0.2, -0.15) is 0 Å². The largest absolute Gasteiger partial charge is 0.494 e. The summed E-state index contributed by atoms with van der Waals surface area (Å²) in [5, 5.41) is 3.27. The molecule has 0 aliphatic carbocycles. The predicted molar refractivity (Wildman–Crippen MR) is 61.3 cm³/mol. The highest BCUT2D eigenvalue weighted by molar-refractivity contribution is 5.20. The van der Waals surface area contributed by atoms with E-state index in [1.807, 2.05) is 30.3 Å². The lowest BCUT2D eigenvalue weighted by molar-refractivity contribution is 0.198. The van der Waals surface area contributed by atoms with Crippen LogP contribution in [0.25, 0.3) is 0 Å². The summed E-state index contributed by atoms with van der Waals surface area (Å²) < 4.78 is 10.5. The van der Waals surface area contributed by atoms with Gasteiger partial charge in [-0.1, -0.05) is 18.2 Å². The molecule has 3 nitrogen and oxygen atoms in total. The fourth-order valence-corrected chi connectivity index (χ4v) is 1.20. The van der Waals surface area contributed by atoms with E-state index < -0.39 is 0 Å². The lowest BCUT2D eigenvalue weighted by atomic mass is 10.3. The molecule has 0 unspecified atom stereocenters. The number of para-hydroxylation sites is 1. The van der Waals surface area contributed by atoms with Gasteiger partial charge in [0.25, 0.3) is 0 Å². The summed E-state index contributed by atoms with van der Waals surface area (Å²) in [7, 11) is 1.71. The molecule has 1 rings (SSSR count). The number of hydrogen-bond donors (Lipinski definition) is 1. The third-order valence-electron chi connectivity index (χ3n) is 1.99. The molecule has 0 bridgehead atoms. The van der Waals surface area contributed by atoms with E-state index in [2.05, 4.69) is 5.32 Å². The maximum Gasteiger partial charge on any atom is 0.119 e. The van der Waals surface area contributed by atoms with Gasteiger partial charge in [-0.15, -0.1) is 0 Å². The molecule has 0 aromatic heterocycles. The minimum atomic E-state index is 0.754. The van der Waals surface area contributed by atoms with Crippen molar-refractivity contribution in [1.82, 2.24) is 5.32 Å². The molecule has 0 aliphatic heterocycles. The van der Waals surface area contributed by atoms with Gasteiger partial charge in [0, 0.05) is 13.7 Å². The average Bonchev–Trinajstić information content (AvgIpc) is 2.29. The van der Waals surface area contributed by atoms with Crippen molar-refractivity contribution < 1.29 is 9.47 Å². The molecule has 1 aromatic rings. The van der Waals surface area contributed by atoms with Gasteiger partial charge in [0.1, 0.15) is 5.75 Å². The molecule has 0 fully saturated rings. The van der Waals surface area contributed by atoms with Crippen molar-refractivity contribution in [3.05, 3.63) is 30.3 Å². The Balaban J connectivity index is 1.93. The first-order valence-corrected chi connectivity index (χ1v) is 5.31. The first kappa shape index (κ1) is 12.0. The molecule has 0 saturated heterocycles. The molecular formula is C12H19NO2. The van der Waals surface area contributed by atoms with Crippen molar-refractivity contribution in [3.63, 3.8) is 0 Å². The summed E-state index contributed by atoms with van der Waals surface area (Å²) in [4.78, 5) is 0. The van der Waals surface area contributed by atoms with E-state index >= 15 is 0 Å². The average molecular weight is 209 g/mol. The van der Waals surface area contributed by atoms with Crippen LogP contribution in [0.5, 0.6) is 5.75 Å². The van der Waals surface area contributed by atoms with Crippen LogP contribution in [0.1, 0.15) is 6.42 Å². The zero-order valence-electron chi connectivity index (χ0n) is 9.24. The van der Waals surface area contributed by atoms with Crippen LogP contribution in [0.4, 0.5) is 0 Å². The van der Waals surface area contributed by atoms with Crippen molar-refractivity contribution in [1.29, 1.82) is 0 Å². The third-order valence-corrected chi connectivity index (χ3v) is 1.99. The lowest BCUT2D eigenvalue weighted by Gasteiger charge is -2.06. The van der Waals surface area contributed by atoms with Gasteiger partial charge >= 0.3 is 0 Å². The summed E-state index contributed by atoms with van der Waals surface area (Å²) in [6.45, 7) is 3.39. The quantitative estimate of drug-likeness (QED) is 0.661. The normalized spacial score (nSPS) is 10.2. The maximum atomic E-state index is 5.54. The third kappa shape index (κ3) is 6.10. The van der Waals surface area contributed by atoms with Gasteiger partial charge in [0.2, 0.25) is 0 Å². The SMILES string of the molecule is COCCNCCCOc1ccccc1. The molecule has 0 heterocycles. The van der Waals surface area contributed by atoms with Crippen LogP contribution in [0.3, 0.4) is 0 Å². The minimum Gasteiger partial charge on any atom is -0.494 e. The molecule has 1 aromatic carbocycles. The Morgan fingerprint density at radius 2 is 1.87 bits per heavy atom. The van der Waals surface area contributed by atoms with Gasteiger partial charge in [-0.3, -0.25) is 0 Å². The second-order valence-electron chi connectivity index (χ2n) is 3.26. The number of methoxy groups -OCH3 is 1. The fraction of sp³-hybridized carbons (Fsp3) is 0.500. The Hall–Kier alpha value is -1.06. The summed E-state index contributed by atoms with van der Waals surface area (Å²) >= 11 is 0. The van der Waals surface area contributed by atoms with Crippen molar-refractivity contribution >= 4 is 0 Å². The molecule has 0 aliphatic rings. The van der Waals surface area contributed by atoms with Crippen LogP contribution >= 0.6 is 0 Å². The van der Waals surface area contributed by atoms with Gasteiger partial charge in [-0.25, -0.2) is 0 Å². The Kier molecular flexibility index (Phi) is 6.62. The van der Waals surface area contributed by atoms with Gasteiger partial charge < -0.3 is 14.8 Å². The van der Waals surface area contributed by atoms with E-state index in [0.717, 1.165) is 38.5 Å². The van der Waals surface area contributed by atoms with Gasteiger partial charge in [0.05, 0.1) is 13.2 Å². The van der Waals surface area contributed by atoms with Crippen molar-refractivity contribution in [2.45, 2.75) is 6.42 Å². The van der Waals surface area contributed by atoms with Gasteiger partial charge in [-0.05, 0) is 25.1 Å². The highest BCUT2D eigenvalue weighted by Crippen LogP contribution is 2.07. The van der Waals surface area contributed by atoms with Crippen molar-refractivity contribution in [2.75, 3.05) is 33.4 Å². The highest BCUT2D eigenvalue weighted by Gasteiger charge is 1.91. The summed E-state index contributed by atoms with van der Waals surface area (Å²) in [6, 6.07) is 9.88. The number of benzene rings is 1. The predicted octanol–water partition coefficient (Wildman–Crippen LogP) is 1.69. The first-order chi connectivity index (χ1) is 7.43. The van der Waals surface area contributed by atoms with E-state index in [9.17, 15) is 0 Å². The van der Waals surface area contributed by atoms with Crippen LogP contribution < -0.4 is 10.1 Å². The van der Waals surface area contributed by atoms with E-state index in [0.29, 0.717) is 0 Å². The molecule has 0 spiro atoms. The van der Waals surface area contributed by atoms with E-state index in [1.54, 1.807) is 7.11 Å². The summed E-state index contributed by atoms with van der Waals surface area (Å²) in [6.07, 6.45) is 1.01. The fourth-order valence-electron chi connectivity index (χ4n) is 1.20. The number of rotatable bonds is 8. The topological polar surface area (TPSA) is 30.5 Å². The van der Waals surface area contributed by atoms with E-state index in [4.69, 9.17) is 9.47 Å². The Morgan fingerprint density at radius 3 is 2.60 bits per heavy atom. The van der Waals surface area contributed by atoms with Crippen LogP contribution in [-0.2, 0) is 4.74 Å². The second kappa shape index (κ2) is 8.26. The maximum absolute atomic E-state index is 5.54. The molecule has 84 valence electrons. The summed E-state index contributed by atoms with van der Waals surface area (Å²) in [5.74, 6) is 0.939. The molecule has 0 amide bonds. The molecule has 1 N–H and O–H groups in total. The standard InChI is InChI=1S/C12H19NO2/c1-14-11-9-13-8-5-10-15-12-6-3-2-4-7-12/h2-4,6-7,13H,5,8-11H2,1H3. The Bertz CT molecular complexity index is 239. The van der Waals surface area contributed by atoms with Crippen molar-refractivity contribution in [2.24, 2.45) is 0 Å². The molecule has 3 heteroatoms. The summed E-state index contributed by atoms with van der Waals surface area (Å²) in [5.41, 5.74) is 0. The van der Waals surface area contributed by atoms with Crippen LogP contribution in [0, 0.1) is 0 Å². The monoisotopic (exact) mass is 209 g/mol. The van der Waals surface area contributed by atoms with Gasteiger partial charge in [0.15, 0.2) is 0 Å². The van der Waals surface area contributed by atoms with Crippen molar-refractivity contribution in [3.8, 4) is 5.75 Å². The van der Waals surface area contributed by atoms with E-state index in [-0.39, 0.29) is 0 Å². The minimum absolute atomic E-state index is 0.754. The molecule has 0 atom stereocenters. The molecular weight excluding hydrogens is 190 g/mol. The van der Waals surface area contributed by atoms with Crippen LogP contribution in [-0.4, -0.2) is 33.4 Å². The molecule has 15 heavy (non-hydrogen) atoms. The smallest absolute Gasteiger partial charge is 0.119 e. The Labute approximate surface area is 91.4 Å². The molecule has 0 radical (unpaired) electrons. The number of hydrogen-bond acceptors (Lipinski definition) is 3. The second-order valence-corrected chi connectivity index (χ2v) is 3.26. The lowest BCUT2D eigenvalue weighted by Crippen LogP contribution is -2.21. The van der Waals surface area contributed by atoms with E-state index in [1.165, 1.54) is 0 Å². The molecule has 0 saturated carbocycles. The number of ether oxygens (including phenoxy) is 2. The van der Waals surface area contributed by atoms with Crippen LogP contribution in [0.15, 0.2) is 30.3 Å². The Morgan fingerprint density at radius 1 is 1.07 bits per heavy atom. The zero-order valence-corrected chi connectivity index (χ0v) is 9.24.